The zero-order valence-corrected chi connectivity index (χ0v) is 9.96. The van der Waals surface area contributed by atoms with Gasteiger partial charge in [0.25, 0.3) is 0 Å². The van der Waals surface area contributed by atoms with E-state index in [1.165, 1.54) is 18.5 Å². The summed E-state index contributed by atoms with van der Waals surface area (Å²) in [5, 5.41) is 3.45. The van der Waals surface area contributed by atoms with Gasteiger partial charge in [0.05, 0.1) is 17.4 Å². The van der Waals surface area contributed by atoms with Crippen LogP contribution < -0.4 is 5.76 Å². The first-order valence-corrected chi connectivity index (χ1v) is 5.62. The molecule has 3 rings (SSSR count). The van der Waals surface area contributed by atoms with Crippen LogP contribution in [0.3, 0.4) is 0 Å². The number of benzene rings is 1. The maximum Gasteiger partial charge on any atom is 0.446 e. The Hall–Kier alpha value is -2.83. The van der Waals surface area contributed by atoms with E-state index in [2.05, 4.69) is 14.7 Å². The zero-order chi connectivity index (χ0) is 14.1. The van der Waals surface area contributed by atoms with Crippen molar-refractivity contribution in [3.05, 3.63) is 64.9 Å². The number of hydrogen-bond acceptors (Lipinski definition) is 4. The molecule has 100 valence electrons. The van der Waals surface area contributed by atoms with Gasteiger partial charge in [0, 0.05) is 6.20 Å². The molecule has 0 fully saturated rings. The lowest BCUT2D eigenvalue weighted by atomic mass is 10.2. The van der Waals surface area contributed by atoms with Gasteiger partial charge < -0.3 is 0 Å². The molecular weight excluding hydrogens is 268 g/mol. The van der Waals surface area contributed by atoms with E-state index in [0.29, 0.717) is 5.69 Å². The van der Waals surface area contributed by atoms with Gasteiger partial charge in [0.2, 0.25) is 0 Å². The summed E-state index contributed by atoms with van der Waals surface area (Å²) in [6, 6.07) is 6.50. The highest BCUT2D eigenvalue weighted by atomic mass is 19.1. The van der Waals surface area contributed by atoms with Crippen LogP contribution in [0.4, 0.5) is 8.78 Å². The zero-order valence-electron chi connectivity index (χ0n) is 9.96. The van der Waals surface area contributed by atoms with E-state index >= 15 is 0 Å². The lowest BCUT2D eigenvalue weighted by molar-refractivity contribution is 0.383. The molecule has 20 heavy (non-hydrogen) atoms. The van der Waals surface area contributed by atoms with Gasteiger partial charge in [-0.1, -0.05) is 11.2 Å². The predicted molar refractivity (Wildman–Crippen MR) is 65.2 cm³/mol. The largest absolute Gasteiger partial charge is 0.446 e. The molecule has 0 amide bonds. The Kier molecular flexibility index (Phi) is 2.86. The molecular formula is C13H7F2N3O2. The number of aromatic nitrogens is 3. The second kappa shape index (κ2) is 4.69. The molecule has 0 aliphatic heterocycles. The molecule has 2 aromatic heterocycles. The smallest absolute Gasteiger partial charge is 0.295 e. The molecule has 2 heterocycles. The first kappa shape index (κ1) is 12.2. The molecule has 0 atom stereocenters. The fourth-order valence-corrected chi connectivity index (χ4v) is 1.83. The summed E-state index contributed by atoms with van der Waals surface area (Å²) >= 11 is 0. The van der Waals surface area contributed by atoms with Crippen molar-refractivity contribution < 1.29 is 13.3 Å². The summed E-state index contributed by atoms with van der Waals surface area (Å²) in [6.07, 6.45) is 2.87. The number of halogens is 2. The Bertz CT molecular complexity index is 792. The van der Waals surface area contributed by atoms with E-state index in [1.54, 1.807) is 12.1 Å². The van der Waals surface area contributed by atoms with E-state index < -0.39 is 23.0 Å². The van der Waals surface area contributed by atoms with E-state index in [4.69, 9.17) is 0 Å². The molecule has 1 aromatic carbocycles. The van der Waals surface area contributed by atoms with Gasteiger partial charge in [-0.05, 0) is 24.3 Å². The van der Waals surface area contributed by atoms with Gasteiger partial charge in [-0.25, -0.2) is 18.1 Å². The maximum atomic E-state index is 13.8. The highest BCUT2D eigenvalue weighted by Crippen LogP contribution is 2.25. The van der Waals surface area contributed by atoms with Crippen LogP contribution in [0.15, 0.2) is 52.0 Å². The first-order valence-electron chi connectivity index (χ1n) is 5.62. The van der Waals surface area contributed by atoms with E-state index in [-0.39, 0.29) is 5.82 Å². The van der Waals surface area contributed by atoms with E-state index in [9.17, 15) is 13.6 Å². The van der Waals surface area contributed by atoms with Crippen LogP contribution in [0, 0.1) is 11.6 Å². The summed E-state index contributed by atoms with van der Waals surface area (Å²) in [7, 11) is 0. The van der Waals surface area contributed by atoms with Gasteiger partial charge in [0.15, 0.2) is 5.82 Å². The molecule has 5 nitrogen and oxygen atoms in total. The molecule has 0 spiro atoms. The van der Waals surface area contributed by atoms with E-state index in [1.807, 2.05) is 0 Å². The Morgan fingerprint density at radius 3 is 2.50 bits per heavy atom. The van der Waals surface area contributed by atoms with Gasteiger partial charge in [-0.15, -0.1) is 0 Å². The van der Waals surface area contributed by atoms with Crippen molar-refractivity contribution in [3.8, 4) is 17.1 Å². The monoisotopic (exact) mass is 275 g/mol. The minimum absolute atomic E-state index is 0.251. The molecule has 0 aliphatic carbocycles. The Morgan fingerprint density at radius 2 is 1.85 bits per heavy atom. The lowest BCUT2D eigenvalue weighted by Crippen LogP contribution is -2.14. The van der Waals surface area contributed by atoms with Gasteiger partial charge in [-0.3, -0.25) is 9.51 Å². The van der Waals surface area contributed by atoms with Crippen molar-refractivity contribution in [2.45, 2.75) is 0 Å². The highest BCUT2D eigenvalue weighted by Gasteiger charge is 2.21. The third-order valence-electron chi connectivity index (χ3n) is 2.70. The number of pyridine rings is 1. The quantitative estimate of drug-likeness (QED) is 0.719. The van der Waals surface area contributed by atoms with Gasteiger partial charge >= 0.3 is 5.76 Å². The standard InChI is InChI=1S/C13H7F2N3O2/c14-9-4-1-5-10(15)11(9)12-17-20-13(19)18(12)8-3-2-6-16-7-8/h1-7H. The average molecular weight is 275 g/mol. The fraction of sp³-hybridized carbons (Fsp3) is 0. The Labute approximate surface area is 111 Å². The Morgan fingerprint density at radius 1 is 1.10 bits per heavy atom. The van der Waals surface area contributed by atoms with Crippen molar-refractivity contribution in [1.82, 2.24) is 14.7 Å². The van der Waals surface area contributed by atoms with Crippen LogP contribution in [0.25, 0.3) is 17.1 Å². The second-order valence-electron chi connectivity index (χ2n) is 3.92. The summed E-state index contributed by atoms with van der Waals surface area (Å²) in [5.41, 5.74) is -0.126. The van der Waals surface area contributed by atoms with Crippen molar-refractivity contribution in [2.75, 3.05) is 0 Å². The average Bonchev–Trinajstić information content (AvgIpc) is 2.81. The number of nitrogens with zero attached hydrogens (tertiary/aromatic N) is 3. The van der Waals surface area contributed by atoms with Crippen LogP contribution in [-0.4, -0.2) is 14.7 Å². The molecule has 0 radical (unpaired) electrons. The summed E-state index contributed by atoms with van der Waals surface area (Å²) < 4.78 is 33.0. The molecule has 0 N–H and O–H groups in total. The van der Waals surface area contributed by atoms with Crippen LogP contribution in [0.2, 0.25) is 0 Å². The van der Waals surface area contributed by atoms with Crippen molar-refractivity contribution in [2.24, 2.45) is 0 Å². The minimum Gasteiger partial charge on any atom is -0.295 e. The van der Waals surface area contributed by atoms with Crippen molar-refractivity contribution in [1.29, 1.82) is 0 Å². The first-order chi connectivity index (χ1) is 9.68. The van der Waals surface area contributed by atoms with Gasteiger partial charge in [0.1, 0.15) is 11.6 Å². The Balaban J connectivity index is 2.30. The summed E-state index contributed by atoms with van der Waals surface area (Å²) in [6.45, 7) is 0. The topological polar surface area (TPSA) is 60.9 Å². The molecule has 0 saturated carbocycles. The molecule has 3 aromatic rings. The third-order valence-corrected chi connectivity index (χ3v) is 2.70. The molecule has 0 saturated heterocycles. The van der Waals surface area contributed by atoms with Crippen molar-refractivity contribution in [3.63, 3.8) is 0 Å². The van der Waals surface area contributed by atoms with Crippen molar-refractivity contribution >= 4 is 0 Å². The summed E-state index contributed by atoms with van der Waals surface area (Å²) in [5.74, 6) is -2.78. The number of hydrogen-bond donors (Lipinski definition) is 0. The SMILES string of the molecule is O=c1onc(-c2c(F)cccc2F)n1-c1cccnc1. The van der Waals surface area contributed by atoms with Crippen LogP contribution in [0.1, 0.15) is 0 Å². The van der Waals surface area contributed by atoms with Crippen LogP contribution in [-0.2, 0) is 0 Å². The second-order valence-corrected chi connectivity index (χ2v) is 3.92. The maximum absolute atomic E-state index is 13.8. The summed E-state index contributed by atoms with van der Waals surface area (Å²) in [4.78, 5) is 15.5. The molecule has 7 heteroatoms. The van der Waals surface area contributed by atoms with E-state index in [0.717, 1.165) is 16.7 Å². The van der Waals surface area contributed by atoms with Crippen LogP contribution in [0.5, 0.6) is 0 Å². The normalized spacial score (nSPS) is 10.7. The van der Waals surface area contributed by atoms with Gasteiger partial charge in [-0.2, -0.15) is 0 Å². The third kappa shape index (κ3) is 1.89. The fourth-order valence-electron chi connectivity index (χ4n) is 1.83. The molecule has 0 unspecified atom stereocenters. The van der Waals surface area contributed by atoms with Crippen LogP contribution >= 0.6 is 0 Å². The highest BCUT2D eigenvalue weighted by molar-refractivity contribution is 5.59. The number of rotatable bonds is 2. The molecule has 0 aliphatic rings. The lowest BCUT2D eigenvalue weighted by Gasteiger charge is -2.05. The molecule has 0 bridgehead atoms. The predicted octanol–water partition coefficient (Wildman–Crippen LogP) is 2.17. The minimum atomic E-state index is -0.851.